The highest BCUT2D eigenvalue weighted by Gasteiger charge is 2.14. The lowest BCUT2D eigenvalue weighted by molar-refractivity contribution is 0.355. The largest absolute Gasteiger partial charge is 0.493 e. The second-order valence-corrected chi connectivity index (χ2v) is 4.98. The number of hydrogen-bond acceptors (Lipinski definition) is 3. The smallest absolute Gasteiger partial charge is 0.163 e. The monoisotopic (exact) mass is 296 g/mol. The summed E-state index contributed by atoms with van der Waals surface area (Å²) in [5.41, 5.74) is 1.95. The normalized spacial score (nSPS) is 11.0. The molecule has 0 fully saturated rings. The first-order valence-electron chi connectivity index (χ1n) is 6.92. The SMILES string of the molecule is CCCCCn1c(CCl)nc2cc(OC)c(OC)cc21. The average molecular weight is 297 g/mol. The fourth-order valence-corrected chi connectivity index (χ4v) is 2.58. The van der Waals surface area contributed by atoms with Crippen LogP contribution in [0.2, 0.25) is 0 Å². The number of alkyl halides is 1. The lowest BCUT2D eigenvalue weighted by Gasteiger charge is -2.10. The molecule has 110 valence electrons. The standard InChI is InChI=1S/C15H21ClN2O2/c1-4-5-6-7-18-12-9-14(20-3)13(19-2)8-11(12)17-15(18)10-16/h8-9H,4-7,10H2,1-3H3. The summed E-state index contributed by atoms with van der Waals surface area (Å²) < 4.78 is 12.9. The zero-order chi connectivity index (χ0) is 14.5. The van der Waals surface area contributed by atoms with Crippen LogP contribution >= 0.6 is 11.6 Å². The summed E-state index contributed by atoms with van der Waals surface area (Å²) in [4.78, 5) is 4.59. The molecule has 5 heteroatoms. The fourth-order valence-electron chi connectivity index (χ4n) is 2.37. The molecule has 2 aromatic rings. The first-order chi connectivity index (χ1) is 9.74. The van der Waals surface area contributed by atoms with Gasteiger partial charge in [0.15, 0.2) is 11.5 Å². The summed E-state index contributed by atoms with van der Waals surface area (Å²) in [7, 11) is 3.27. The van der Waals surface area contributed by atoms with Crippen LogP contribution in [0.5, 0.6) is 11.5 Å². The Morgan fingerprint density at radius 2 is 1.85 bits per heavy atom. The van der Waals surface area contributed by atoms with E-state index in [9.17, 15) is 0 Å². The van der Waals surface area contributed by atoms with Gasteiger partial charge in [-0.25, -0.2) is 4.98 Å². The minimum Gasteiger partial charge on any atom is -0.493 e. The number of aromatic nitrogens is 2. The Hall–Kier alpha value is -1.42. The van der Waals surface area contributed by atoms with E-state index in [0.29, 0.717) is 11.6 Å². The van der Waals surface area contributed by atoms with Gasteiger partial charge in [0.2, 0.25) is 0 Å². The Kier molecular flexibility index (Phi) is 5.12. The summed E-state index contributed by atoms with van der Waals surface area (Å²) in [6, 6.07) is 3.88. The fraction of sp³-hybridized carbons (Fsp3) is 0.533. The molecule has 0 aliphatic rings. The molecule has 4 nitrogen and oxygen atoms in total. The third-order valence-electron chi connectivity index (χ3n) is 3.44. The predicted molar refractivity (Wildman–Crippen MR) is 81.9 cm³/mol. The van der Waals surface area contributed by atoms with Crippen LogP contribution < -0.4 is 9.47 Å². The number of aryl methyl sites for hydroxylation is 1. The maximum absolute atomic E-state index is 6.02. The average Bonchev–Trinajstić information content (AvgIpc) is 2.83. The topological polar surface area (TPSA) is 36.3 Å². The van der Waals surface area contributed by atoms with Gasteiger partial charge in [0.25, 0.3) is 0 Å². The van der Waals surface area contributed by atoms with E-state index in [4.69, 9.17) is 21.1 Å². The predicted octanol–water partition coefficient (Wildman–Crippen LogP) is 3.98. The summed E-state index contributed by atoms with van der Waals surface area (Å²) in [5, 5.41) is 0. The lowest BCUT2D eigenvalue weighted by Crippen LogP contribution is -2.02. The Bertz CT molecular complexity index is 581. The number of unbranched alkanes of at least 4 members (excludes halogenated alkanes) is 2. The minimum absolute atomic E-state index is 0.408. The van der Waals surface area contributed by atoms with Gasteiger partial charge in [0.1, 0.15) is 5.82 Å². The van der Waals surface area contributed by atoms with Crippen LogP contribution in [0.1, 0.15) is 32.0 Å². The number of fused-ring (bicyclic) bond motifs is 1. The van der Waals surface area contributed by atoms with Crippen LogP contribution in [0.3, 0.4) is 0 Å². The number of halogens is 1. The first-order valence-corrected chi connectivity index (χ1v) is 7.45. The molecule has 0 bridgehead atoms. The van der Waals surface area contributed by atoms with Gasteiger partial charge in [-0.1, -0.05) is 19.8 Å². The van der Waals surface area contributed by atoms with E-state index in [1.54, 1.807) is 14.2 Å². The molecule has 1 aromatic heterocycles. The lowest BCUT2D eigenvalue weighted by atomic mass is 10.2. The summed E-state index contributed by atoms with van der Waals surface area (Å²) >= 11 is 6.02. The molecule has 0 spiro atoms. The first kappa shape index (κ1) is 15.0. The van der Waals surface area contributed by atoms with E-state index in [0.717, 1.165) is 35.6 Å². The molecule has 0 aliphatic carbocycles. The number of ether oxygens (including phenoxy) is 2. The van der Waals surface area contributed by atoms with Crippen molar-refractivity contribution >= 4 is 22.6 Å². The molecule has 0 unspecified atom stereocenters. The van der Waals surface area contributed by atoms with Crippen LogP contribution in [-0.2, 0) is 12.4 Å². The van der Waals surface area contributed by atoms with Crippen LogP contribution in [0.4, 0.5) is 0 Å². The van der Waals surface area contributed by atoms with Crippen molar-refractivity contribution in [2.24, 2.45) is 0 Å². The minimum atomic E-state index is 0.408. The van der Waals surface area contributed by atoms with Crippen molar-refractivity contribution in [1.82, 2.24) is 9.55 Å². The van der Waals surface area contributed by atoms with Gasteiger partial charge in [-0.2, -0.15) is 0 Å². The Labute approximate surface area is 124 Å². The van der Waals surface area contributed by atoms with Crippen LogP contribution in [0, 0.1) is 0 Å². The maximum Gasteiger partial charge on any atom is 0.163 e. The molecule has 2 rings (SSSR count). The van der Waals surface area contributed by atoms with Crippen LogP contribution in [-0.4, -0.2) is 23.8 Å². The van der Waals surface area contributed by atoms with Crippen molar-refractivity contribution in [1.29, 1.82) is 0 Å². The van der Waals surface area contributed by atoms with Crippen molar-refractivity contribution < 1.29 is 9.47 Å². The van der Waals surface area contributed by atoms with Crippen LogP contribution in [0.15, 0.2) is 12.1 Å². The summed E-state index contributed by atoms with van der Waals surface area (Å²) in [6.45, 7) is 3.13. The Morgan fingerprint density at radius 3 is 2.45 bits per heavy atom. The van der Waals surface area contributed by atoms with Crippen LogP contribution in [0.25, 0.3) is 11.0 Å². The van der Waals surface area contributed by atoms with E-state index in [1.165, 1.54) is 12.8 Å². The van der Waals surface area contributed by atoms with E-state index in [-0.39, 0.29) is 0 Å². The van der Waals surface area contributed by atoms with Crippen molar-refractivity contribution in [2.75, 3.05) is 14.2 Å². The van der Waals surface area contributed by atoms with Crippen molar-refractivity contribution in [3.05, 3.63) is 18.0 Å². The number of benzene rings is 1. The van der Waals surface area contributed by atoms with E-state index >= 15 is 0 Å². The summed E-state index contributed by atoms with van der Waals surface area (Å²) in [6.07, 6.45) is 3.52. The van der Waals surface area contributed by atoms with E-state index in [1.807, 2.05) is 12.1 Å². The third kappa shape index (κ3) is 2.85. The van der Waals surface area contributed by atoms with Gasteiger partial charge in [-0.05, 0) is 6.42 Å². The highest BCUT2D eigenvalue weighted by molar-refractivity contribution is 6.16. The molecular formula is C15H21ClN2O2. The van der Waals surface area contributed by atoms with Gasteiger partial charge in [0, 0.05) is 18.7 Å². The number of nitrogens with zero attached hydrogens (tertiary/aromatic N) is 2. The van der Waals surface area contributed by atoms with Gasteiger partial charge < -0.3 is 14.0 Å². The molecular weight excluding hydrogens is 276 g/mol. The molecule has 0 radical (unpaired) electrons. The zero-order valence-electron chi connectivity index (χ0n) is 12.3. The van der Waals surface area contributed by atoms with E-state index < -0.39 is 0 Å². The maximum atomic E-state index is 6.02. The van der Waals surface area contributed by atoms with E-state index in [2.05, 4.69) is 16.5 Å². The van der Waals surface area contributed by atoms with Gasteiger partial charge in [0.05, 0.1) is 31.1 Å². The second-order valence-electron chi connectivity index (χ2n) is 4.72. The molecule has 0 saturated heterocycles. The number of hydrogen-bond donors (Lipinski definition) is 0. The number of methoxy groups -OCH3 is 2. The molecule has 0 atom stereocenters. The van der Waals surface area contributed by atoms with Gasteiger partial charge in [-0.15, -0.1) is 11.6 Å². The molecule has 1 heterocycles. The molecule has 0 aliphatic heterocycles. The number of rotatable bonds is 7. The Balaban J connectivity index is 2.47. The van der Waals surface area contributed by atoms with Crippen molar-refractivity contribution in [2.45, 2.75) is 38.6 Å². The zero-order valence-corrected chi connectivity index (χ0v) is 13.0. The molecule has 20 heavy (non-hydrogen) atoms. The molecule has 1 aromatic carbocycles. The van der Waals surface area contributed by atoms with Gasteiger partial charge in [-0.3, -0.25) is 0 Å². The highest BCUT2D eigenvalue weighted by Crippen LogP contribution is 2.32. The quantitative estimate of drug-likeness (QED) is 0.573. The second kappa shape index (κ2) is 6.84. The van der Waals surface area contributed by atoms with Gasteiger partial charge >= 0.3 is 0 Å². The third-order valence-corrected chi connectivity index (χ3v) is 3.68. The highest BCUT2D eigenvalue weighted by atomic mass is 35.5. The molecule has 0 N–H and O–H groups in total. The molecule has 0 saturated carbocycles. The Morgan fingerprint density at radius 1 is 1.15 bits per heavy atom. The number of imidazole rings is 1. The molecule has 0 amide bonds. The summed E-state index contributed by atoms with van der Waals surface area (Å²) in [5.74, 6) is 2.72. The van der Waals surface area contributed by atoms with Crippen molar-refractivity contribution in [3.63, 3.8) is 0 Å². The van der Waals surface area contributed by atoms with Crippen molar-refractivity contribution in [3.8, 4) is 11.5 Å².